The summed E-state index contributed by atoms with van der Waals surface area (Å²) in [6, 6.07) is 1.90. The molecule has 0 aliphatic heterocycles. The van der Waals surface area contributed by atoms with Crippen LogP contribution in [0.25, 0.3) is 0 Å². The third-order valence-corrected chi connectivity index (χ3v) is 2.21. The Kier molecular flexibility index (Phi) is 3.73. The number of carbonyl (C=O) groups is 1. The molecule has 0 radical (unpaired) electrons. The van der Waals surface area contributed by atoms with Crippen LogP contribution < -0.4 is 5.32 Å². The number of aryl methyl sites for hydroxylation is 1. The molecule has 0 saturated carbocycles. The van der Waals surface area contributed by atoms with Gasteiger partial charge in [0.25, 0.3) is 0 Å². The molecular formula is C12H21N3O. The molecule has 4 nitrogen and oxygen atoms in total. The Morgan fingerprint density at radius 3 is 2.62 bits per heavy atom. The molecule has 1 N–H and O–H groups in total. The quantitative estimate of drug-likeness (QED) is 0.856. The van der Waals surface area contributed by atoms with E-state index in [2.05, 4.69) is 31.2 Å². The number of hydrogen-bond donors (Lipinski definition) is 1. The Hall–Kier alpha value is -1.32. The fourth-order valence-electron chi connectivity index (χ4n) is 1.53. The highest BCUT2D eigenvalue weighted by molar-refractivity contribution is 5.89. The van der Waals surface area contributed by atoms with E-state index >= 15 is 0 Å². The predicted octanol–water partition coefficient (Wildman–Crippen LogP) is 2.69. The van der Waals surface area contributed by atoms with Crippen LogP contribution in [0.1, 0.15) is 46.2 Å². The van der Waals surface area contributed by atoms with Crippen LogP contribution in [0.15, 0.2) is 6.07 Å². The van der Waals surface area contributed by atoms with Gasteiger partial charge in [-0.3, -0.25) is 4.79 Å². The average Bonchev–Trinajstić information content (AvgIpc) is 2.46. The van der Waals surface area contributed by atoms with Crippen molar-refractivity contribution < 1.29 is 4.79 Å². The molecule has 0 unspecified atom stereocenters. The van der Waals surface area contributed by atoms with Crippen molar-refractivity contribution in [1.82, 2.24) is 9.78 Å². The van der Waals surface area contributed by atoms with Crippen LogP contribution in [0.3, 0.4) is 0 Å². The molecule has 1 amide bonds. The highest BCUT2D eigenvalue weighted by atomic mass is 16.1. The van der Waals surface area contributed by atoms with E-state index in [1.54, 1.807) is 0 Å². The summed E-state index contributed by atoms with van der Waals surface area (Å²) < 4.78 is 1.86. The maximum atomic E-state index is 11.5. The zero-order chi connectivity index (χ0) is 12.3. The van der Waals surface area contributed by atoms with Crippen LogP contribution in [0, 0.1) is 6.92 Å². The van der Waals surface area contributed by atoms with Crippen LogP contribution in [0.4, 0.5) is 5.82 Å². The molecule has 90 valence electrons. The average molecular weight is 223 g/mol. The lowest BCUT2D eigenvalue weighted by atomic mass is 10.1. The van der Waals surface area contributed by atoms with E-state index in [1.165, 1.54) is 0 Å². The van der Waals surface area contributed by atoms with E-state index in [9.17, 15) is 4.79 Å². The third kappa shape index (κ3) is 3.08. The van der Waals surface area contributed by atoms with Gasteiger partial charge in [-0.2, -0.15) is 5.10 Å². The minimum Gasteiger partial charge on any atom is -0.311 e. The van der Waals surface area contributed by atoms with Crippen molar-refractivity contribution in [2.45, 2.75) is 53.0 Å². The number of amides is 1. The molecule has 1 rings (SSSR count). The highest BCUT2D eigenvalue weighted by Crippen LogP contribution is 2.21. The molecular weight excluding hydrogens is 202 g/mol. The monoisotopic (exact) mass is 223 g/mol. The summed E-state index contributed by atoms with van der Waals surface area (Å²) in [6.45, 7) is 10.1. The van der Waals surface area contributed by atoms with Gasteiger partial charge in [0, 0.05) is 12.5 Å². The van der Waals surface area contributed by atoms with E-state index in [1.807, 2.05) is 24.6 Å². The summed E-state index contributed by atoms with van der Waals surface area (Å²) >= 11 is 0. The molecule has 4 heteroatoms. The van der Waals surface area contributed by atoms with Gasteiger partial charge in [0.1, 0.15) is 5.82 Å². The van der Waals surface area contributed by atoms with Crippen molar-refractivity contribution in [1.29, 1.82) is 0 Å². The molecule has 0 aromatic carbocycles. The second kappa shape index (κ2) is 4.68. The Bertz CT molecular complexity index is 374. The third-order valence-electron chi connectivity index (χ3n) is 2.21. The summed E-state index contributed by atoms with van der Waals surface area (Å²) in [5.41, 5.74) is 0.796. The lowest BCUT2D eigenvalue weighted by Gasteiger charge is -2.22. The number of hydrogen-bond acceptors (Lipinski definition) is 2. The first-order valence-electron chi connectivity index (χ1n) is 5.71. The van der Waals surface area contributed by atoms with Crippen molar-refractivity contribution in [3.8, 4) is 0 Å². The van der Waals surface area contributed by atoms with Gasteiger partial charge in [-0.25, -0.2) is 4.68 Å². The molecule has 1 heterocycles. The van der Waals surface area contributed by atoms with E-state index in [0.29, 0.717) is 6.42 Å². The Morgan fingerprint density at radius 1 is 1.50 bits per heavy atom. The molecule has 1 aromatic rings. The fourth-order valence-corrected chi connectivity index (χ4v) is 1.53. The van der Waals surface area contributed by atoms with Crippen molar-refractivity contribution in [2.24, 2.45) is 0 Å². The molecule has 0 atom stereocenters. The zero-order valence-corrected chi connectivity index (χ0v) is 10.8. The predicted molar refractivity (Wildman–Crippen MR) is 65.5 cm³/mol. The van der Waals surface area contributed by atoms with Crippen LogP contribution >= 0.6 is 0 Å². The Balaban J connectivity index is 2.91. The fraction of sp³-hybridized carbons (Fsp3) is 0.667. The lowest BCUT2D eigenvalue weighted by Crippen LogP contribution is -2.26. The zero-order valence-electron chi connectivity index (χ0n) is 10.8. The number of anilines is 1. The van der Waals surface area contributed by atoms with Gasteiger partial charge >= 0.3 is 0 Å². The van der Waals surface area contributed by atoms with Crippen molar-refractivity contribution in [3.63, 3.8) is 0 Å². The molecule has 0 saturated heterocycles. The molecule has 0 aliphatic carbocycles. The number of aromatic nitrogens is 2. The normalized spacial score (nSPS) is 11.6. The second-order valence-electron chi connectivity index (χ2n) is 5.05. The molecule has 16 heavy (non-hydrogen) atoms. The van der Waals surface area contributed by atoms with Crippen molar-refractivity contribution in [2.75, 3.05) is 5.32 Å². The van der Waals surface area contributed by atoms with Crippen LogP contribution in [-0.4, -0.2) is 15.7 Å². The first-order valence-corrected chi connectivity index (χ1v) is 5.71. The van der Waals surface area contributed by atoms with Gasteiger partial charge in [-0.05, 0) is 34.1 Å². The molecule has 0 spiro atoms. The van der Waals surface area contributed by atoms with Crippen LogP contribution in [0.5, 0.6) is 0 Å². The number of carbonyl (C=O) groups excluding carboxylic acids is 1. The number of nitrogens with zero attached hydrogens (tertiary/aromatic N) is 2. The van der Waals surface area contributed by atoms with Gasteiger partial charge in [0.15, 0.2) is 0 Å². The topological polar surface area (TPSA) is 46.9 Å². The summed E-state index contributed by atoms with van der Waals surface area (Å²) in [4.78, 5) is 11.5. The Labute approximate surface area is 97.0 Å². The summed E-state index contributed by atoms with van der Waals surface area (Å²) in [5, 5.41) is 7.30. The summed E-state index contributed by atoms with van der Waals surface area (Å²) in [7, 11) is 0. The highest BCUT2D eigenvalue weighted by Gasteiger charge is 2.19. The summed E-state index contributed by atoms with van der Waals surface area (Å²) in [5.74, 6) is 0.830. The minimum atomic E-state index is -0.122. The minimum absolute atomic E-state index is 0.0490. The lowest BCUT2D eigenvalue weighted by molar-refractivity contribution is -0.116. The first kappa shape index (κ1) is 12.7. The van der Waals surface area contributed by atoms with Crippen molar-refractivity contribution in [3.05, 3.63) is 11.8 Å². The second-order valence-corrected chi connectivity index (χ2v) is 5.05. The number of rotatable bonds is 3. The van der Waals surface area contributed by atoms with Crippen molar-refractivity contribution >= 4 is 11.7 Å². The van der Waals surface area contributed by atoms with Gasteiger partial charge < -0.3 is 5.32 Å². The summed E-state index contributed by atoms with van der Waals surface area (Å²) in [6.07, 6.45) is 1.41. The van der Waals surface area contributed by atoms with Gasteiger partial charge in [0.05, 0.1) is 11.2 Å². The molecule has 0 bridgehead atoms. The molecule has 0 fully saturated rings. The van der Waals surface area contributed by atoms with Crippen LogP contribution in [0.2, 0.25) is 0 Å². The first-order chi connectivity index (χ1) is 7.34. The van der Waals surface area contributed by atoms with E-state index in [-0.39, 0.29) is 11.4 Å². The molecule has 1 aromatic heterocycles. The standard InChI is InChI=1S/C12H21N3O/c1-6-7-11(16)13-10-8-9(2)14-15(10)12(3,4)5/h8H,6-7H2,1-5H3,(H,13,16). The van der Waals surface area contributed by atoms with E-state index < -0.39 is 0 Å². The van der Waals surface area contributed by atoms with E-state index in [4.69, 9.17) is 0 Å². The van der Waals surface area contributed by atoms with Gasteiger partial charge in [0.2, 0.25) is 5.91 Å². The smallest absolute Gasteiger partial charge is 0.225 e. The molecule has 0 aliphatic rings. The van der Waals surface area contributed by atoms with Gasteiger partial charge in [-0.15, -0.1) is 0 Å². The maximum Gasteiger partial charge on any atom is 0.225 e. The maximum absolute atomic E-state index is 11.5. The number of nitrogens with one attached hydrogen (secondary N) is 1. The Morgan fingerprint density at radius 2 is 2.12 bits per heavy atom. The van der Waals surface area contributed by atoms with E-state index in [0.717, 1.165) is 17.9 Å². The largest absolute Gasteiger partial charge is 0.311 e. The SMILES string of the molecule is CCCC(=O)Nc1cc(C)nn1C(C)(C)C. The van der Waals surface area contributed by atoms with Crippen LogP contribution in [-0.2, 0) is 10.3 Å². The van der Waals surface area contributed by atoms with Gasteiger partial charge in [-0.1, -0.05) is 6.92 Å².